The van der Waals surface area contributed by atoms with E-state index in [9.17, 15) is 0 Å². The van der Waals surface area contributed by atoms with Gasteiger partial charge in [-0.05, 0) is 31.2 Å². The topological polar surface area (TPSA) is 39.7 Å². The van der Waals surface area contributed by atoms with Crippen LogP contribution in [0.3, 0.4) is 0 Å². The summed E-state index contributed by atoms with van der Waals surface area (Å²) in [5.41, 5.74) is 0.333. The van der Waals surface area contributed by atoms with Gasteiger partial charge in [-0.1, -0.05) is 20.8 Å². The van der Waals surface area contributed by atoms with Gasteiger partial charge in [0.2, 0.25) is 0 Å². The zero-order chi connectivity index (χ0) is 14.1. The molecule has 0 bridgehead atoms. The smallest absolute Gasteiger partial charge is 0.0734 e. The molecular weight excluding hydrogens is 242 g/mol. The fourth-order valence-corrected chi connectivity index (χ4v) is 2.81. The van der Waals surface area contributed by atoms with Crippen molar-refractivity contribution in [1.82, 2.24) is 5.32 Å². The molecule has 1 aliphatic rings. The maximum Gasteiger partial charge on any atom is 0.0734 e. The minimum absolute atomic E-state index is 0.331. The fourth-order valence-electron chi connectivity index (χ4n) is 2.81. The quantitative estimate of drug-likeness (QED) is 0.620. The lowest BCUT2D eigenvalue weighted by Gasteiger charge is -2.31. The van der Waals surface area contributed by atoms with Crippen molar-refractivity contribution >= 4 is 0 Å². The Labute approximate surface area is 118 Å². The van der Waals surface area contributed by atoms with Gasteiger partial charge in [-0.15, -0.1) is 0 Å². The Bertz CT molecular complexity index is 233. The van der Waals surface area contributed by atoms with E-state index >= 15 is 0 Å². The highest BCUT2D eigenvalue weighted by Crippen LogP contribution is 2.38. The van der Waals surface area contributed by atoms with Gasteiger partial charge in [0.15, 0.2) is 0 Å². The standard InChI is InChI=1S/C15H31NO3/c1-5-16-14-13(7-8-15(14,2)3)19-12-11-18-10-6-9-17-4/h13-14,16H,5-12H2,1-4H3. The van der Waals surface area contributed by atoms with E-state index < -0.39 is 0 Å². The molecule has 4 heteroatoms. The van der Waals surface area contributed by atoms with Crippen LogP contribution in [-0.4, -0.2) is 52.2 Å². The average Bonchev–Trinajstić information content (AvgIpc) is 2.65. The highest BCUT2D eigenvalue weighted by Gasteiger charge is 2.41. The lowest BCUT2D eigenvalue weighted by atomic mass is 9.87. The molecular formula is C15H31NO3. The number of methoxy groups -OCH3 is 1. The summed E-state index contributed by atoms with van der Waals surface area (Å²) in [6.07, 6.45) is 3.66. The monoisotopic (exact) mass is 273 g/mol. The second-order valence-corrected chi connectivity index (χ2v) is 5.93. The number of hydrogen-bond acceptors (Lipinski definition) is 4. The van der Waals surface area contributed by atoms with Gasteiger partial charge in [-0.2, -0.15) is 0 Å². The molecule has 1 aliphatic carbocycles. The van der Waals surface area contributed by atoms with Gasteiger partial charge in [-0.25, -0.2) is 0 Å². The Kier molecular flexibility index (Phi) is 7.91. The van der Waals surface area contributed by atoms with Crippen molar-refractivity contribution in [1.29, 1.82) is 0 Å². The zero-order valence-corrected chi connectivity index (χ0v) is 13.0. The SMILES string of the molecule is CCNC1C(OCCOCCCOC)CCC1(C)C. The number of likely N-dealkylation sites (N-methyl/N-ethyl adjacent to an activating group) is 1. The summed E-state index contributed by atoms with van der Waals surface area (Å²) in [6.45, 7) is 10.7. The van der Waals surface area contributed by atoms with Gasteiger partial charge in [0, 0.05) is 26.4 Å². The lowest BCUT2D eigenvalue weighted by Crippen LogP contribution is -2.45. The largest absolute Gasteiger partial charge is 0.385 e. The number of nitrogens with one attached hydrogen (secondary N) is 1. The van der Waals surface area contributed by atoms with Gasteiger partial charge >= 0.3 is 0 Å². The maximum absolute atomic E-state index is 5.99. The van der Waals surface area contributed by atoms with Gasteiger partial charge in [0.1, 0.15) is 0 Å². The molecule has 1 fully saturated rings. The van der Waals surface area contributed by atoms with Crippen LogP contribution in [0.2, 0.25) is 0 Å². The predicted octanol–water partition coefficient (Wildman–Crippen LogP) is 2.22. The van der Waals surface area contributed by atoms with E-state index in [1.807, 2.05) is 0 Å². The third-order valence-electron chi connectivity index (χ3n) is 3.91. The Balaban J connectivity index is 2.14. The van der Waals surface area contributed by atoms with Crippen LogP contribution in [-0.2, 0) is 14.2 Å². The highest BCUT2D eigenvalue weighted by atomic mass is 16.5. The van der Waals surface area contributed by atoms with E-state index in [4.69, 9.17) is 14.2 Å². The summed E-state index contributed by atoms with van der Waals surface area (Å²) in [7, 11) is 1.71. The lowest BCUT2D eigenvalue weighted by molar-refractivity contribution is -0.0125. The highest BCUT2D eigenvalue weighted by molar-refractivity contribution is 4.97. The van der Waals surface area contributed by atoms with Gasteiger partial charge in [-0.3, -0.25) is 0 Å². The average molecular weight is 273 g/mol. The van der Waals surface area contributed by atoms with Crippen LogP contribution in [0.4, 0.5) is 0 Å². The first-order chi connectivity index (χ1) is 9.11. The molecule has 0 amide bonds. The molecule has 19 heavy (non-hydrogen) atoms. The van der Waals surface area contributed by atoms with E-state index in [0.29, 0.717) is 30.8 Å². The minimum atomic E-state index is 0.331. The van der Waals surface area contributed by atoms with E-state index in [1.165, 1.54) is 6.42 Å². The second-order valence-electron chi connectivity index (χ2n) is 5.93. The first kappa shape index (κ1) is 16.9. The Hall–Kier alpha value is -0.160. The number of hydrogen-bond donors (Lipinski definition) is 1. The van der Waals surface area contributed by atoms with E-state index in [1.54, 1.807) is 7.11 Å². The van der Waals surface area contributed by atoms with Crippen molar-refractivity contribution in [3.05, 3.63) is 0 Å². The predicted molar refractivity (Wildman–Crippen MR) is 77.5 cm³/mol. The summed E-state index contributed by atoms with van der Waals surface area (Å²) in [5, 5.41) is 3.57. The summed E-state index contributed by atoms with van der Waals surface area (Å²) >= 11 is 0. The molecule has 0 aromatic heterocycles. The first-order valence-electron chi connectivity index (χ1n) is 7.53. The molecule has 0 saturated heterocycles. The van der Waals surface area contributed by atoms with Gasteiger partial charge < -0.3 is 19.5 Å². The molecule has 0 radical (unpaired) electrons. The fraction of sp³-hybridized carbons (Fsp3) is 1.00. The Morgan fingerprint density at radius 3 is 2.63 bits per heavy atom. The minimum Gasteiger partial charge on any atom is -0.385 e. The Morgan fingerprint density at radius 2 is 1.95 bits per heavy atom. The summed E-state index contributed by atoms with van der Waals surface area (Å²) in [4.78, 5) is 0. The molecule has 4 nitrogen and oxygen atoms in total. The summed E-state index contributed by atoms with van der Waals surface area (Å²) < 4.78 is 16.5. The Morgan fingerprint density at radius 1 is 1.16 bits per heavy atom. The molecule has 1 saturated carbocycles. The van der Waals surface area contributed by atoms with Crippen molar-refractivity contribution < 1.29 is 14.2 Å². The molecule has 0 aliphatic heterocycles. The molecule has 1 N–H and O–H groups in total. The molecule has 2 unspecified atom stereocenters. The third kappa shape index (κ3) is 5.78. The van der Waals surface area contributed by atoms with Crippen LogP contribution in [0.15, 0.2) is 0 Å². The van der Waals surface area contributed by atoms with Gasteiger partial charge in [0.05, 0.1) is 19.3 Å². The second kappa shape index (κ2) is 8.90. The first-order valence-corrected chi connectivity index (χ1v) is 7.53. The molecule has 0 heterocycles. The van der Waals surface area contributed by atoms with E-state index in [2.05, 4.69) is 26.1 Å². The molecule has 2 atom stereocenters. The third-order valence-corrected chi connectivity index (χ3v) is 3.91. The van der Waals surface area contributed by atoms with E-state index in [-0.39, 0.29) is 0 Å². The summed E-state index contributed by atoms with van der Waals surface area (Å²) in [5.74, 6) is 0. The van der Waals surface area contributed by atoms with Crippen LogP contribution in [0.1, 0.15) is 40.0 Å². The van der Waals surface area contributed by atoms with Gasteiger partial charge in [0.25, 0.3) is 0 Å². The van der Waals surface area contributed by atoms with Crippen LogP contribution >= 0.6 is 0 Å². The molecule has 0 aromatic carbocycles. The molecule has 114 valence electrons. The maximum atomic E-state index is 5.99. The van der Waals surface area contributed by atoms with Crippen molar-refractivity contribution in [3.63, 3.8) is 0 Å². The molecule has 0 spiro atoms. The van der Waals surface area contributed by atoms with Crippen molar-refractivity contribution in [2.75, 3.05) is 40.1 Å². The zero-order valence-electron chi connectivity index (χ0n) is 13.0. The van der Waals surface area contributed by atoms with Crippen LogP contribution in [0, 0.1) is 5.41 Å². The summed E-state index contributed by atoms with van der Waals surface area (Å²) in [6, 6.07) is 0.464. The molecule has 1 rings (SSSR count). The van der Waals surface area contributed by atoms with Crippen molar-refractivity contribution in [3.8, 4) is 0 Å². The number of rotatable bonds is 10. The van der Waals surface area contributed by atoms with Crippen LogP contribution in [0.25, 0.3) is 0 Å². The van der Waals surface area contributed by atoms with E-state index in [0.717, 1.165) is 32.6 Å². The normalized spacial score (nSPS) is 25.9. The van der Waals surface area contributed by atoms with Crippen LogP contribution < -0.4 is 5.32 Å². The molecule has 0 aromatic rings. The van der Waals surface area contributed by atoms with Crippen molar-refractivity contribution in [2.24, 2.45) is 5.41 Å². The van der Waals surface area contributed by atoms with Crippen molar-refractivity contribution in [2.45, 2.75) is 52.2 Å². The number of ether oxygens (including phenoxy) is 3. The van der Waals surface area contributed by atoms with Crippen LogP contribution in [0.5, 0.6) is 0 Å².